The standard InChI is InChI=1S/C34H58N2/c1-3-5-7-9-11-13-14-16-18-23-30-36-31-33(28-24-27-32-25-20-19-21-26-32)35-34(36)29-22-17-15-12-10-8-6-4-2/h19-21,25-26,31H,3-18,22-24,27-30H2,1-2H3. The van der Waals surface area contributed by atoms with Gasteiger partial charge in [-0.15, -0.1) is 0 Å². The van der Waals surface area contributed by atoms with Gasteiger partial charge in [0.25, 0.3) is 0 Å². The number of aromatic nitrogens is 2. The van der Waals surface area contributed by atoms with Gasteiger partial charge in [0.2, 0.25) is 0 Å². The van der Waals surface area contributed by atoms with Gasteiger partial charge in [0, 0.05) is 19.2 Å². The predicted molar refractivity (Wildman–Crippen MR) is 159 cm³/mol. The van der Waals surface area contributed by atoms with Crippen LogP contribution < -0.4 is 0 Å². The molecule has 0 fully saturated rings. The zero-order valence-corrected chi connectivity index (χ0v) is 24.1. The number of imidazole rings is 1. The zero-order valence-electron chi connectivity index (χ0n) is 24.1. The Morgan fingerprint density at radius 2 is 1.06 bits per heavy atom. The normalized spacial score (nSPS) is 11.4. The molecule has 0 unspecified atom stereocenters. The molecule has 2 nitrogen and oxygen atoms in total. The fourth-order valence-corrected chi connectivity index (χ4v) is 5.33. The van der Waals surface area contributed by atoms with E-state index in [-0.39, 0.29) is 0 Å². The Kier molecular flexibility index (Phi) is 18.3. The van der Waals surface area contributed by atoms with Crippen LogP contribution in [0.1, 0.15) is 153 Å². The van der Waals surface area contributed by atoms with E-state index in [1.165, 1.54) is 139 Å². The van der Waals surface area contributed by atoms with Crippen molar-refractivity contribution >= 4 is 0 Å². The van der Waals surface area contributed by atoms with Crippen LogP contribution in [0, 0.1) is 0 Å². The number of hydrogen-bond donors (Lipinski definition) is 0. The number of hydrogen-bond acceptors (Lipinski definition) is 1. The third-order valence-corrected chi connectivity index (χ3v) is 7.66. The molecule has 1 aromatic carbocycles. The van der Waals surface area contributed by atoms with Crippen LogP contribution in [0.15, 0.2) is 36.5 Å². The third kappa shape index (κ3) is 14.9. The SMILES string of the molecule is CCCCCCCCCCCCn1cc(CCCc2ccccc2)nc1CCCCCCCCCC. The summed E-state index contributed by atoms with van der Waals surface area (Å²) in [5.41, 5.74) is 2.76. The highest BCUT2D eigenvalue weighted by molar-refractivity contribution is 5.15. The van der Waals surface area contributed by atoms with E-state index in [0.29, 0.717) is 0 Å². The molecule has 2 rings (SSSR count). The molecular formula is C34H58N2. The summed E-state index contributed by atoms with van der Waals surface area (Å²) in [6.45, 7) is 5.76. The lowest BCUT2D eigenvalue weighted by Gasteiger charge is -2.08. The smallest absolute Gasteiger partial charge is 0.108 e. The van der Waals surface area contributed by atoms with Gasteiger partial charge in [0.15, 0.2) is 0 Å². The van der Waals surface area contributed by atoms with E-state index in [1.807, 2.05) is 0 Å². The molecule has 0 aliphatic carbocycles. The number of benzene rings is 1. The molecule has 0 bridgehead atoms. The quantitative estimate of drug-likeness (QED) is 0.133. The minimum absolute atomic E-state index is 1.10. The van der Waals surface area contributed by atoms with Crippen LogP contribution in [0.4, 0.5) is 0 Å². The highest BCUT2D eigenvalue weighted by Gasteiger charge is 2.08. The van der Waals surface area contributed by atoms with E-state index in [9.17, 15) is 0 Å². The lowest BCUT2D eigenvalue weighted by molar-refractivity contribution is 0.522. The lowest BCUT2D eigenvalue weighted by Crippen LogP contribution is -2.03. The van der Waals surface area contributed by atoms with E-state index in [1.54, 1.807) is 0 Å². The molecule has 0 amide bonds. The van der Waals surface area contributed by atoms with Gasteiger partial charge in [-0.25, -0.2) is 4.98 Å². The van der Waals surface area contributed by atoms with Crippen molar-refractivity contribution in [3.63, 3.8) is 0 Å². The minimum atomic E-state index is 1.10. The molecule has 0 aliphatic heterocycles. The van der Waals surface area contributed by atoms with Crippen molar-refractivity contribution in [2.45, 2.75) is 162 Å². The molecule has 0 atom stereocenters. The molecule has 36 heavy (non-hydrogen) atoms. The molecule has 0 radical (unpaired) electrons. The van der Waals surface area contributed by atoms with Crippen molar-refractivity contribution < 1.29 is 0 Å². The van der Waals surface area contributed by atoms with Crippen molar-refractivity contribution in [3.8, 4) is 0 Å². The Hall–Kier alpha value is -1.57. The maximum absolute atomic E-state index is 5.13. The fraction of sp³-hybridized carbons (Fsp3) is 0.735. The molecule has 0 saturated carbocycles. The van der Waals surface area contributed by atoms with Crippen LogP contribution in [0.2, 0.25) is 0 Å². The van der Waals surface area contributed by atoms with Crippen molar-refractivity contribution in [1.29, 1.82) is 0 Å². The second-order valence-corrected chi connectivity index (χ2v) is 11.1. The number of rotatable bonds is 24. The van der Waals surface area contributed by atoms with Crippen molar-refractivity contribution in [2.24, 2.45) is 0 Å². The Balaban J connectivity index is 1.70. The van der Waals surface area contributed by atoms with Crippen molar-refractivity contribution in [1.82, 2.24) is 9.55 Å². The first-order chi connectivity index (χ1) is 17.8. The van der Waals surface area contributed by atoms with Gasteiger partial charge in [-0.3, -0.25) is 0 Å². The summed E-state index contributed by atoms with van der Waals surface area (Å²) in [5, 5.41) is 0. The van der Waals surface area contributed by atoms with Gasteiger partial charge in [0.05, 0.1) is 5.69 Å². The van der Waals surface area contributed by atoms with Gasteiger partial charge in [-0.1, -0.05) is 147 Å². The zero-order chi connectivity index (χ0) is 25.5. The van der Waals surface area contributed by atoms with Crippen LogP contribution in [0.5, 0.6) is 0 Å². The molecule has 0 aliphatic rings. The molecule has 0 saturated heterocycles. The topological polar surface area (TPSA) is 17.8 Å². The molecule has 2 aromatic rings. The number of aryl methyl sites for hydroxylation is 4. The Labute approximate surface area is 224 Å². The minimum Gasteiger partial charge on any atom is -0.335 e. The molecule has 204 valence electrons. The summed E-state index contributed by atoms with van der Waals surface area (Å²) in [4.78, 5) is 5.13. The van der Waals surface area contributed by atoms with Gasteiger partial charge in [0.1, 0.15) is 5.82 Å². The second kappa shape index (κ2) is 21.5. The second-order valence-electron chi connectivity index (χ2n) is 11.1. The summed E-state index contributed by atoms with van der Waals surface area (Å²) < 4.78 is 2.52. The molecular weight excluding hydrogens is 436 g/mol. The lowest BCUT2D eigenvalue weighted by atomic mass is 10.1. The van der Waals surface area contributed by atoms with Crippen LogP contribution in [-0.2, 0) is 25.8 Å². The third-order valence-electron chi connectivity index (χ3n) is 7.66. The van der Waals surface area contributed by atoms with Gasteiger partial charge in [-0.2, -0.15) is 0 Å². The molecule has 1 heterocycles. The summed E-state index contributed by atoms with van der Waals surface area (Å²) >= 11 is 0. The van der Waals surface area contributed by atoms with Crippen LogP contribution in [0.3, 0.4) is 0 Å². The summed E-state index contributed by atoms with van der Waals surface area (Å²) in [6, 6.07) is 10.9. The van der Waals surface area contributed by atoms with Gasteiger partial charge < -0.3 is 4.57 Å². The summed E-state index contributed by atoms with van der Waals surface area (Å²) in [6.07, 6.45) is 32.1. The summed E-state index contributed by atoms with van der Waals surface area (Å²) in [7, 11) is 0. The van der Waals surface area contributed by atoms with Gasteiger partial charge in [-0.05, 0) is 37.7 Å². The Morgan fingerprint density at radius 3 is 1.64 bits per heavy atom. The number of nitrogens with zero attached hydrogens (tertiary/aromatic N) is 2. The highest BCUT2D eigenvalue weighted by atomic mass is 15.1. The van der Waals surface area contributed by atoms with Crippen LogP contribution >= 0.6 is 0 Å². The first kappa shape index (κ1) is 30.7. The van der Waals surface area contributed by atoms with Gasteiger partial charge >= 0.3 is 0 Å². The monoisotopic (exact) mass is 494 g/mol. The average molecular weight is 495 g/mol. The predicted octanol–water partition coefficient (Wildman–Crippen LogP) is 10.7. The average Bonchev–Trinajstić information content (AvgIpc) is 3.29. The first-order valence-electron chi connectivity index (χ1n) is 15.9. The first-order valence-corrected chi connectivity index (χ1v) is 15.9. The van der Waals surface area contributed by atoms with E-state index in [2.05, 4.69) is 54.9 Å². The van der Waals surface area contributed by atoms with E-state index < -0.39 is 0 Å². The highest BCUT2D eigenvalue weighted by Crippen LogP contribution is 2.16. The molecule has 0 N–H and O–H groups in total. The maximum Gasteiger partial charge on any atom is 0.108 e. The molecule has 1 aromatic heterocycles. The van der Waals surface area contributed by atoms with Crippen LogP contribution in [0.25, 0.3) is 0 Å². The Bertz CT molecular complexity index is 733. The number of unbranched alkanes of at least 4 members (excludes halogenated alkanes) is 16. The molecule has 0 spiro atoms. The van der Waals surface area contributed by atoms with E-state index in [0.717, 1.165) is 25.8 Å². The summed E-state index contributed by atoms with van der Waals surface area (Å²) in [5.74, 6) is 1.35. The van der Waals surface area contributed by atoms with Crippen LogP contribution in [-0.4, -0.2) is 9.55 Å². The maximum atomic E-state index is 5.13. The van der Waals surface area contributed by atoms with Crippen molar-refractivity contribution in [3.05, 3.63) is 53.6 Å². The largest absolute Gasteiger partial charge is 0.335 e. The Morgan fingerprint density at radius 1 is 0.528 bits per heavy atom. The van der Waals surface area contributed by atoms with Crippen molar-refractivity contribution in [2.75, 3.05) is 0 Å². The molecule has 2 heteroatoms. The van der Waals surface area contributed by atoms with E-state index >= 15 is 0 Å². The fourth-order valence-electron chi connectivity index (χ4n) is 5.33. The van der Waals surface area contributed by atoms with E-state index in [4.69, 9.17) is 4.98 Å².